The van der Waals surface area contributed by atoms with Crippen molar-refractivity contribution in [1.29, 1.82) is 0 Å². The van der Waals surface area contributed by atoms with Crippen LogP contribution in [0.15, 0.2) is 241 Å². The lowest BCUT2D eigenvalue weighted by Crippen LogP contribution is -2.12. The van der Waals surface area contributed by atoms with Crippen LogP contribution in [-0.2, 0) is 0 Å². The number of anilines is 3. The Balaban J connectivity index is 1.11. The molecule has 0 spiro atoms. The van der Waals surface area contributed by atoms with Crippen LogP contribution in [0.1, 0.15) is 0 Å². The van der Waals surface area contributed by atoms with E-state index < -0.39 is 0 Å². The van der Waals surface area contributed by atoms with Crippen molar-refractivity contribution < 1.29 is 4.42 Å². The smallest absolute Gasteiger partial charge is 0.159 e. The van der Waals surface area contributed by atoms with Crippen molar-refractivity contribution in [1.82, 2.24) is 0 Å². The van der Waals surface area contributed by atoms with Gasteiger partial charge in [-0.3, -0.25) is 0 Å². The number of furan rings is 1. The molecule has 1 aromatic heterocycles. The summed E-state index contributed by atoms with van der Waals surface area (Å²) in [5, 5.41) is 4.70. The number of rotatable bonds is 8. The fourth-order valence-corrected chi connectivity index (χ4v) is 8.88. The maximum Gasteiger partial charge on any atom is 0.159 e. The van der Waals surface area contributed by atoms with Crippen LogP contribution in [-0.4, -0.2) is 0 Å². The molecule has 60 heavy (non-hydrogen) atoms. The first kappa shape index (κ1) is 35.2. The van der Waals surface area contributed by atoms with Gasteiger partial charge in [-0.1, -0.05) is 206 Å². The third kappa shape index (κ3) is 6.23. The van der Waals surface area contributed by atoms with Crippen LogP contribution in [0.2, 0.25) is 0 Å². The van der Waals surface area contributed by atoms with E-state index in [0.29, 0.717) is 0 Å². The number of nitrogens with zero attached hydrogens (tertiary/aromatic N) is 1. The first-order valence-corrected chi connectivity index (χ1v) is 20.5. The molecule has 0 N–H and O–H groups in total. The zero-order valence-electron chi connectivity index (χ0n) is 32.9. The maximum atomic E-state index is 6.79. The Morgan fingerprint density at radius 1 is 0.283 bits per heavy atom. The third-order valence-electron chi connectivity index (χ3n) is 11.7. The molecule has 0 aliphatic rings. The zero-order valence-corrected chi connectivity index (χ0v) is 32.9. The highest BCUT2D eigenvalue weighted by atomic mass is 16.3. The fraction of sp³-hybridized carbons (Fsp3) is 0. The van der Waals surface area contributed by atoms with E-state index in [1.807, 2.05) is 6.07 Å². The minimum absolute atomic E-state index is 0.846. The Morgan fingerprint density at radius 3 is 1.53 bits per heavy atom. The molecule has 2 nitrogen and oxygen atoms in total. The predicted octanol–water partition coefficient (Wildman–Crippen LogP) is 16.5. The van der Waals surface area contributed by atoms with Crippen LogP contribution in [0.3, 0.4) is 0 Å². The monoisotopic (exact) mass is 765 g/mol. The van der Waals surface area contributed by atoms with Gasteiger partial charge >= 0.3 is 0 Å². The van der Waals surface area contributed by atoms with Gasteiger partial charge in [0.15, 0.2) is 5.58 Å². The van der Waals surface area contributed by atoms with Crippen molar-refractivity contribution in [2.24, 2.45) is 0 Å². The summed E-state index contributed by atoms with van der Waals surface area (Å²) in [6.45, 7) is 0. The van der Waals surface area contributed by atoms with E-state index in [1.54, 1.807) is 0 Å². The summed E-state index contributed by atoms with van der Waals surface area (Å²) < 4.78 is 6.79. The SMILES string of the molecule is c1ccc(-c2ccccc2-c2c(-c3ccccc3)cccc2N(c2ccc(-c3ccc(-c4cccc5ccccc45)cc3)cc2)c2cccc3c2oc2ccccc23)cc1. The van der Waals surface area contributed by atoms with Gasteiger partial charge in [0.1, 0.15) is 5.58 Å². The number of hydrogen-bond acceptors (Lipinski definition) is 2. The lowest BCUT2D eigenvalue weighted by Gasteiger charge is -2.30. The quantitative estimate of drug-likeness (QED) is 0.153. The molecule has 0 atom stereocenters. The Morgan fingerprint density at radius 2 is 0.767 bits per heavy atom. The van der Waals surface area contributed by atoms with Crippen LogP contribution in [0.4, 0.5) is 17.1 Å². The first-order valence-electron chi connectivity index (χ1n) is 20.5. The highest BCUT2D eigenvalue weighted by Crippen LogP contribution is 2.50. The van der Waals surface area contributed by atoms with Gasteiger partial charge in [0.2, 0.25) is 0 Å². The van der Waals surface area contributed by atoms with Crippen molar-refractivity contribution in [3.63, 3.8) is 0 Å². The molecule has 11 aromatic rings. The van der Waals surface area contributed by atoms with E-state index in [0.717, 1.165) is 66.8 Å². The van der Waals surface area contributed by atoms with Gasteiger partial charge < -0.3 is 9.32 Å². The second kappa shape index (κ2) is 15.1. The molecule has 282 valence electrons. The van der Waals surface area contributed by atoms with Crippen molar-refractivity contribution in [2.75, 3.05) is 4.90 Å². The summed E-state index contributed by atoms with van der Waals surface area (Å²) >= 11 is 0. The summed E-state index contributed by atoms with van der Waals surface area (Å²) in [5.41, 5.74) is 16.5. The van der Waals surface area contributed by atoms with Crippen LogP contribution in [0, 0.1) is 0 Å². The molecule has 0 radical (unpaired) electrons. The van der Waals surface area contributed by atoms with Crippen LogP contribution in [0.5, 0.6) is 0 Å². The minimum Gasteiger partial charge on any atom is -0.454 e. The third-order valence-corrected chi connectivity index (χ3v) is 11.7. The summed E-state index contributed by atoms with van der Waals surface area (Å²) in [6, 6.07) is 84.8. The van der Waals surface area contributed by atoms with E-state index in [9.17, 15) is 0 Å². The largest absolute Gasteiger partial charge is 0.454 e. The summed E-state index contributed by atoms with van der Waals surface area (Å²) in [7, 11) is 0. The highest BCUT2D eigenvalue weighted by molar-refractivity contribution is 6.11. The number of hydrogen-bond donors (Lipinski definition) is 0. The van der Waals surface area contributed by atoms with Crippen LogP contribution >= 0.6 is 0 Å². The van der Waals surface area contributed by atoms with E-state index in [1.165, 1.54) is 38.6 Å². The van der Waals surface area contributed by atoms with E-state index in [2.05, 4.69) is 235 Å². The van der Waals surface area contributed by atoms with Crippen LogP contribution < -0.4 is 4.90 Å². The van der Waals surface area contributed by atoms with Gasteiger partial charge in [0.05, 0.1) is 11.4 Å². The molecule has 0 aliphatic carbocycles. The number of para-hydroxylation sites is 2. The molecule has 10 aromatic carbocycles. The van der Waals surface area contributed by atoms with Crippen molar-refractivity contribution in [3.05, 3.63) is 237 Å². The number of benzene rings is 10. The Hall–Kier alpha value is -7.94. The maximum absolute atomic E-state index is 6.79. The molecule has 0 saturated carbocycles. The molecular formula is C58H39NO. The van der Waals surface area contributed by atoms with Gasteiger partial charge in [0, 0.05) is 22.0 Å². The zero-order chi connectivity index (χ0) is 39.8. The molecule has 0 unspecified atom stereocenters. The molecule has 11 rings (SSSR count). The van der Waals surface area contributed by atoms with E-state index in [4.69, 9.17) is 4.42 Å². The standard InChI is InChI=1S/C58H39NO/c1-3-16-42(17-4-1)49-23-9-10-25-52(49)57-50(44-18-5-2-6-19-44)27-14-29-54(57)59(55-30-15-28-53-51-24-11-12-31-56(51)60-58(53)55)46-38-36-41(37-39-46)40-32-34-45(35-33-40)48-26-13-21-43-20-7-8-22-47(43)48/h1-39H. The van der Waals surface area contributed by atoms with Gasteiger partial charge in [-0.2, -0.15) is 0 Å². The molecule has 0 saturated heterocycles. The normalized spacial score (nSPS) is 11.3. The Labute approximate surface area is 349 Å². The predicted molar refractivity (Wildman–Crippen MR) is 253 cm³/mol. The average Bonchev–Trinajstić information content (AvgIpc) is 3.72. The van der Waals surface area contributed by atoms with Gasteiger partial charge in [0.25, 0.3) is 0 Å². The van der Waals surface area contributed by atoms with Crippen molar-refractivity contribution in [2.45, 2.75) is 0 Å². The molecular weight excluding hydrogens is 727 g/mol. The molecule has 2 heteroatoms. The lowest BCUT2D eigenvalue weighted by atomic mass is 9.87. The highest BCUT2D eigenvalue weighted by Gasteiger charge is 2.25. The molecule has 1 heterocycles. The van der Waals surface area contributed by atoms with Crippen molar-refractivity contribution >= 4 is 49.8 Å². The Bertz CT molecular complexity index is 3290. The topological polar surface area (TPSA) is 16.4 Å². The first-order chi connectivity index (χ1) is 29.8. The van der Waals surface area contributed by atoms with Crippen molar-refractivity contribution in [3.8, 4) is 55.6 Å². The van der Waals surface area contributed by atoms with Gasteiger partial charge in [-0.05, 0) is 91.2 Å². The van der Waals surface area contributed by atoms with Crippen LogP contribution in [0.25, 0.3) is 88.3 Å². The second-order valence-electron chi connectivity index (χ2n) is 15.2. The molecule has 0 aliphatic heterocycles. The van der Waals surface area contributed by atoms with Gasteiger partial charge in [-0.15, -0.1) is 0 Å². The number of fused-ring (bicyclic) bond motifs is 4. The summed E-state index contributed by atoms with van der Waals surface area (Å²) in [4.78, 5) is 2.39. The van der Waals surface area contributed by atoms with E-state index in [-0.39, 0.29) is 0 Å². The van der Waals surface area contributed by atoms with Gasteiger partial charge in [-0.25, -0.2) is 0 Å². The summed E-state index contributed by atoms with van der Waals surface area (Å²) in [6.07, 6.45) is 0. The fourth-order valence-electron chi connectivity index (χ4n) is 8.88. The van der Waals surface area contributed by atoms with E-state index >= 15 is 0 Å². The Kier molecular flexibility index (Phi) is 8.87. The average molecular weight is 766 g/mol. The molecule has 0 amide bonds. The minimum atomic E-state index is 0.846. The molecule has 0 fully saturated rings. The summed E-state index contributed by atoms with van der Waals surface area (Å²) in [5.74, 6) is 0. The lowest BCUT2D eigenvalue weighted by molar-refractivity contribution is 0.669. The molecule has 0 bridgehead atoms. The second-order valence-corrected chi connectivity index (χ2v) is 15.2.